The number of rotatable bonds is 4. The molecule has 0 spiro atoms. The molecule has 0 aromatic heterocycles. The van der Waals surface area contributed by atoms with Gasteiger partial charge in [-0.25, -0.2) is 0 Å². The van der Waals surface area contributed by atoms with Crippen molar-refractivity contribution in [1.29, 1.82) is 0 Å². The number of nitrogens with zero attached hydrogens (tertiary/aromatic N) is 2. The number of benzene rings is 2. The standard InChI is InChI=1S/C22H24ClN3O4/c1-2-21(27)26-9-7-25(8-10-26)18-5-4-16(14-17(18)23)24-22(28)15-3-6-19-20(13-15)30-12-11-29-19/h3-6,13-14H,2,7-12H2,1H3,(H,24,28). The first-order chi connectivity index (χ1) is 14.5. The van der Waals surface area contributed by atoms with E-state index in [1.807, 2.05) is 24.0 Å². The lowest BCUT2D eigenvalue weighted by Gasteiger charge is -2.36. The molecule has 1 N–H and O–H groups in total. The fourth-order valence-corrected chi connectivity index (χ4v) is 3.95. The number of carbonyl (C=O) groups excluding carboxylic acids is 2. The Morgan fingerprint density at radius 1 is 1.00 bits per heavy atom. The van der Waals surface area contributed by atoms with Gasteiger partial charge in [0.15, 0.2) is 11.5 Å². The summed E-state index contributed by atoms with van der Waals surface area (Å²) in [6.45, 7) is 5.69. The Morgan fingerprint density at radius 3 is 2.43 bits per heavy atom. The lowest BCUT2D eigenvalue weighted by atomic mass is 10.1. The van der Waals surface area contributed by atoms with E-state index in [0.29, 0.717) is 60.5 Å². The van der Waals surface area contributed by atoms with Crippen LogP contribution in [0.15, 0.2) is 36.4 Å². The fraction of sp³-hybridized carbons (Fsp3) is 0.364. The molecule has 2 aromatic carbocycles. The van der Waals surface area contributed by atoms with Crippen molar-refractivity contribution < 1.29 is 19.1 Å². The van der Waals surface area contributed by atoms with Crippen LogP contribution in [-0.4, -0.2) is 56.1 Å². The van der Waals surface area contributed by atoms with Crippen LogP contribution in [0.1, 0.15) is 23.7 Å². The molecule has 158 valence electrons. The third-order valence-corrected chi connectivity index (χ3v) is 5.59. The van der Waals surface area contributed by atoms with Gasteiger partial charge in [-0.15, -0.1) is 0 Å². The Labute approximate surface area is 180 Å². The maximum Gasteiger partial charge on any atom is 0.255 e. The lowest BCUT2D eigenvalue weighted by Crippen LogP contribution is -2.48. The lowest BCUT2D eigenvalue weighted by molar-refractivity contribution is -0.131. The molecule has 1 saturated heterocycles. The molecule has 0 radical (unpaired) electrons. The van der Waals surface area contributed by atoms with Gasteiger partial charge in [-0.1, -0.05) is 18.5 Å². The number of carbonyl (C=O) groups is 2. The van der Waals surface area contributed by atoms with Crippen LogP contribution in [0.4, 0.5) is 11.4 Å². The highest BCUT2D eigenvalue weighted by Crippen LogP contribution is 2.32. The summed E-state index contributed by atoms with van der Waals surface area (Å²) in [6.07, 6.45) is 0.526. The molecule has 2 heterocycles. The number of anilines is 2. The molecule has 0 saturated carbocycles. The maximum atomic E-state index is 12.6. The zero-order valence-corrected chi connectivity index (χ0v) is 17.6. The van der Waals surface area contributed by atoms with E-state index in [2.05, 4.69) is 10.2 Å². The topological polar surface area (TPSA) is 71.1 Å². The number of ether oxygens (including phenoxy) is 2. The minimum absolute atomic E-state index is 0.179. The molecule has 4 rings (SSSR count). The van der Waals surface area contributed by atoms with E-state index in [1.165, 1.54) is 0 Å². The van der Waals surface area contributed by atoms with Crippen molar-refractivity contribution in [1.82, 2.24) is 4.90 Å². The summed E-state index contributed by atoms with van der Waals surface area (Å²) < 4.78 is 11.0. The van der Waals surface area contributed by atoms with Crippen LogP contribution >= 0.6 is 11.6 Å². The van der Waals surface area contributed by atoms with Gasteiger partial charge in [0, 0.05) is 43.9 Å². The fourth-order valence-electron chi connectivity index (χ4n) is 3.65. The van der Waals surface area contributed by atoms with Crippen LogP contribution in [-0.2, 0) is 4.79 Å². The first-order valence-corrected chi connectivity index (χ1v) is 10.5. The first-order valence-electron chi connectivity index (χ1n) is 10.1. The van der Waals surface area contributed by atoms with Crippen LogP contribution in [0.25, 0.3) is 0 Å². The van der Waals surface area contributed by atoms with Crippen LogP contribution in [0.5, 0.6) is 11.5 Å². The van der Waals surface area contributed by atoms with Gasteiger partial charge in [0.05, 0.1) is 10.7 Å². The molecule has 30 heavy (non-hydrogen) atoms. The van der Waals surface area contributed by atoms with Crippen molar-refractivity contribution >= 4 is 34.8 Å². The van der Waals surface area contributed by atoms with Crippen molar-refractivity contribution in [3.05, 3.63) is 47.0 Å². The third kappa shape index (κ3) is 4.31. The minimum atomic E-state index is -0.248. The summed E-state index contributed by atoms with van der Waals surface area (Å²) in [5, 5.41) is 3.43. The Kier molecular flexibility index (Phi) is 5.99. The quantitative estimate of drug-likeness (QED) is 0.806. The van der Waals surface area contributed by atoms with E-state index in [4.69, 9.17) is 21.1 Å². The number of fused-ring (bicyclic) bond motifs is 1. The highest BCUT2D eigenvalue weighted by atomic mass is 35.5. The first kappa shape index (κ1) is 20.3. The molecular weight excluding hydrogens is 406 g/mol. The number of piperazine rings is 1. The van der Waals surface area contributed by atoms with Crippen molar-refractivity contribution in [3.63, 3.8) is 0 Å². The monoisotopic (exact) mass is 429 g/mol. The second-order valence-electron chi connectivity index (χ2n) is 7.20. The van der Waals surface area contributed by atoms with Gasteiger partial charge in [-0.3, -0.25) is 9.59 Å². The molecular formula is C22H24ClN3O4. The second-order valence-corrected chi connectivity index (χ2v) is 7.61. The molecule has 0 atom stereocenters. The molecule has 0 aliphatic carbocycles. The zero-order chi connectivity index (χ0) is 21.1. The molecule has 0 bridgehead atoms. The van der Waals surface area contributed by atoms with Crippen molar-refractivity contribution in [3.8, 4) is 11.5 Å². The summed E-state index contributed by atoms with van der Waals surface area (Å²) in [6, 6.07) is 10.6. The normalized spacial score (nSPS) is 15.7. The van der Waals surface area contributed by atoms with Crippen LogP contribution in [0, 0.1) is 0 Å². The zero-order valence-electron chi connectivity index (χ0n) is 16.8. The van der Waals surface area contributed by atoms with Crippen molar-refractivity contribution in [2.75, 3.05) is 49.6 Å². The van der Waals surface area contributed by atoms with Crippen molar-refractivity contribution in [2.24, 2.45) is 0 Å². The van der Waals surface area contributed by atoms with Crippen molar-refractivity contribution in [2.45, 2.75) is 13.3 Å². The Balaban J connectivity index is 1.41. The van der Waals surface area contributed by atoms with E-state index in [9.17, 15) is 9.59 Å². The van der Waals surface area contributed by atoms with Gasteiger partial charge in [0.25, 0.3) is 5.91 Å². The molecule has 2 aliphatic rings. The SMILES string of the molecule is CCC(=O)N1CCN(c2ccc(NC(=O)c3ccc4c(c3)OCCO4)cc2Cl)CC1. The Morgan fingerprint density at radius 2 is 1.73 bits per heavy atom. The highest BCUT2D eigenvalue weighted by Gasteiger charge is 2.22. The van der Waals surface area contributed by atoms with Gasteiger partial charge < -0.3 is 24.6 Å². The number of amides is 2. The third-order valence-electron chi connectivity index (χ3n) is 5.29. The molecule has 7 nitrogen and oxygen atoms in total. The predicted octanol–water partition coefficient (Wildman–Crippen LogP) is 3.42. The van der Waals surface area contributed by atoms with E-state index in [-0.39, 0.29) is 11.8 Å². The number of nitrogens with one attached hydrogen (secondary N) is 1. The molecule has 0 unspecified atom stereocenters. The smallest absolute Gasteiger partial charge is 0.255 e. The average molecular weight is 430 g/mol. The van der Waals surface area contributed by atoms with E-state index in [0.717, 1.165) is 18.8 Å². The van der Waals surface area contributed by atoms with E-state index in [1.54, 1.807) is 24.3 Å². The second kappa shape index (κ2) is 8.83. The Bertz CT molecular complexity index is 957. The predicted molar refractivity (Wildman–Crippen MR) is 116 cm³/mol. The van der Waals surface area contributed by atoms with Gasteiger partial charge in [-0.2, -0.15) is 0 Å². The molecule has 2 amide bonds. The summed E-state index contributed by atoms with van der Waals surface area (Å²) in [4.78, 5) is 28.5. The van der Waals surface area contributed by atoms with E-state index >= 15 is 0 Å². The summed E-state index contributed by atoms with van der Waals surface area (Å²) >= 11 is 6.50. The summed E-state index contributed by atoms with van der Waals surface area (Å²) in [7, 11) is 0. The number of hydrogen-bond donors (Lipinski definition) is 1. The molecule has 2 aromatic rings. The summed E-state index contributed by atoms with van der Waals surface area (Å²) in [5.41, 5.74) is 2.00. The average Bonchev–Trinajstić information content (AvgIpc) is 2.78. The van der Waals surface area contributed by atoms with Gasteiger partial charge >= 0.3 is 0 Å². The maximum absolute atomic E-state index is 12.6. The molecule has 8 heteroatoms. The largest absolute Gasteiger partial charge is 0.486 e. The molecule has 1 fully saturated rings. The molecule has 2 aliphatic heterocycles. The Hall–Kier alpha value is -2.93. The number of hydrogen-bond acceptors (Lipinski definition) is 5. The van der Waals surface area contributed by atoms with Crippen LogP contribution in [0.2, 0.25) is 5.02 Å². The van der Waals surface area contributed by atoms with E-state index < -0.39 is 0 Å². The van der Waals surface area contributed by atoms with Crippen LogP contribution in [0.3, 0.4) is 0 Å². The van der Waals surface area contributed by atoms with Crippen LogP contribution < -0.4 is 19.7 Å². The van der Waals surface area contributed by atoms with Gasteiger partial charge in [0.2, 0.25) is 5.91 Å². The van der Waals surface area contributed by atoms with Gasteiger partial charge in [-0.05, 0) is 36.4 Å². The minimum Gasteiger partial charge on any atom is -0.486 e. The number of halogens is 1. The van der Waals surface area contributed by atoms with Gasteiger partial charge in [0.1, 0.15) is 13.2 Å². The highest BCUT2D eigenvalue weighted by molar-refractivity contribution is 6.33. The summed E-state index contributed by atoms with van der Waals surface area (Å²) in [5.74, 6) is 1.15.